The minimum absolute atomic E-state index is 0.0612. The number of rotatable bonds is 10. The zero-order valence-electron chi connectivity index (χ0n) is 24.9. The van der Waals surface area contributed by atoms with E-state index >= 15 is 0 Å². The summed E-state index contributed by atoms with van der Waals surface area (Å²) in [5, 5.41) is 2.19. The molecule has 2 unspecified atom stereocenters. The summed E-state index contributed by atoms with van der Waals surface area (Å²) in [7, 11) is -4.31. The van der Waals surface area contributed by atoms with Crippen LogP contribution in [-0.4, -0.2) is 60.4 Å². The molecule has 2 saturated heterocycles. The van der Waals surface area contributed by atoms with Gasteiger partial charge in [0.15, 0.2) is 12.1 Å². The summed E-state index contributed by atoms with van der Waals surface area (Å²) in [5.74, 6) is -1.60. The maximum Gasteiger partial charge on any atom is 0.332 e. The number of hydrogen-bond acceptors (Lipinski definition) is 8. The topological polar surface area (TPSA) is 119 Å². The van der Waals surface area contributed by atoms with Crippen LogP contribution in [0.15, 0.2) is 120 Å². The van der Waals surface area contributed by atoms with Crippen LogP contribution in [0.4, 0.5) is 0 Å². The van der Waals surface area contributed by atoms with Crippen LogP contribution in [0.25, 0.3) is 0 Å². The van der Waals surface area contributed by atoms with Gasteiger partial charge in [-0.05, 0) is 35.7 Å². The second kappa shape index (κ2) is 13.5. The highest BCUT2D eigenvalue weighted by atomic mass is 32.2. The second-order valence-corrected chi connectivity index (χ2v) is 13.9. The smallest absolute Gasteiger partial charge is 0.332 e. The molecule has 0 aliphatic carbocycles. The Morgan fingerprint density at radius 3 is 2.02 bits per heavy atom. The molecular formula is C35H32N2O7S2. The molecule has 2 aliphatic heterocycles. The van der Waals surface area contributed by atoms with Crippen LogP contribution in [0.3, 0.4) is 0 Å². The van der Waals surface area contributed by atoms with Crippen molar-refractivity contribution in [3.63, 3.8) is 0 Å². The van der Waals surface area contributed by atoms with E-state index in [0.717, 1.165) is 11.1 Å². The second-order valence-electron chi connectivity index (χ2n) is 11.2. The highest BCUT2D eigenvalue weighted by Gasteiger charge is 2.59. The molecule has 2 fully saturated rings. The molecular weight excluding hydrogens is 625 g/mol. The SMILES string of the molecule is Cc1ccc(S(=O)(=O)OC2CS[C@@H]3[C@H](NC(=O)Cc4ccccc4)C(=O)N3C2C(=O)OC(c2ccccc2)c2ccccc2)cc1. The number of nitrogens with one attached hydrogen (secondary N) is 1. The largest absolute Gasteiger partial charge is 0.451 e. The van der Waals surface area contributed by atoms with Crippen molar-refractivity contribution >= 4 is 39.7 Å². The predicted molar refractivity (Wildman–Crippen MR) is 173 cm³/mol. The van der Waals surface area contributed by atoms with E-state index in [-0.39, 0.29) is 23.0 Å². The Bertz CT molecular complexity index is 1760. The molecule has 0 saturated carbocycles. The van der Waals surface area contributed by atoms with Crippen LogP contribution in [0.1, 0.15) is 28.4 Å². The van der Waals surface area contributed by atoms with Gasteiger partial charge in [0.25, 0.3) is 10.1 Å². The van der Waals surface area contributed by atoms with Crippen LogP contribution in [0.5, 0.6) is 0 Å². The number of thioether (sulfide) groups is 1. The van der Waals surface area contributed by atoms with Crippen molar-refractivity contribution in [2.45, 2.75) is 47.9 Å². The lowest BCUT2D eigenvalue weighted by Crippen LogP contribution is -2.77. The molecule has 1 N–H and O–H groups in total. The highest BCUT2D eigenvalue weighted by molar-refractivity contribution is 8.00. The minimum atomic E-state index is -4.31. The Labute approximate surface area is 272 Å². The number of aryl methyl sites for hydroxylation is 1. The fourth-order valence-corrected chi connectivity index (χ4v) is 8.17. The van der Waals surface area contributed by atoms with Gasteiger partial charge >= 0.3 is 5.97 Å². The van der Waals surface area contributed by atoms with Crippen molar-refractivity contribution in [1.82, 2.24) is 10.2 Å². The number of esters is 1. The van der Waals surface area contributed by atoms with Crippen molar-refractivity contribution in [1.29, 1.82) is 0 Å². The molecule has 11 heteroatoms. The monoisotopic (exact) mass is 656 g/mol. The van der Waals surface area contributed by atoms with E-state index in [1.54, 1.807) is 12.1 Å². The van der Waals surface area contributed by atoms with Gasteiger partial charge in [0.05, 0.1) is 11.3 Å². The fourth-order valence-electron chi connectivity index (χ4n) is 5.60. The molecule has 4 atom stereocenters. The number of β-lactam (4-membered cyclic amide) rings is 1. The Hall–Kier alpha value is -4.45. The first-order chi connectivity index (χ1) is 22.2. The van der Waals surface area contributed by atoms with E-state index in [1.807, 2.05) is 97.9 Å². The number of hydrogen-bond donors (Lipinski definition) is 1. The number of nitrogens with zero attached hydrogens (tertiary/aromatic N) is 1. The molecule has 9 nitrogen and oxygen atoms in total. The Kier molecular flexibility index (Phi) is 9.25. The summed E-state index contributed by atoms with van der Waals surface area (Å²) in [6, 6.07) is 31.4. The van der Waals surface area contributed by atoms with Crippen LogP contribution in [0, 0.1) is 6.92 Å². The van der Waals surface area contributed by atoms with Crippen molar-refractivity contribution in [2.24, 2.45) is 0 Å². The quantitative estimate of drug-likeness (QED) is 0.152. The lowest BCUT2D eigenvalue weighted by atomic mass is 9.98. The zero-order chi connectivity index (χ0) is 32.3. The number of ether oxygens (including phenoxy) is 1. The zero-order valence-corrected chi connectivity index (χ0v) is 26.5. The van der Waals surface area contributed by atoms with Crippen molar-refractivity contribution < 1.29 is 31.7 Å². The van der Waals surface area contributed by atoms with Crippen LogP contribution in [0.2, 0.25) is 0 Å². The third kappa shape index (κ3) is 6.72. The van der Waals surface area contributed by atoms with Crippen molar-refractivity contribution in [2.75, 3.05) is 5.75 Å². The van der Waals surface area contributed by atoms with Gasteiger partial charge in [-0.2, -0.15) is 8.42 Å². The lowest BCUT2D eigenvalue weighted by molar-refractivity contribution is -0.172. The predicted octanol–water partition coefficient (Wildman–Crippen LogP) is 4.41. The third-order valence-electron chi connectivity index (χ3n) is 7.93. The molecule has 0 spiro atoms. The van der Waals surface area contributed by atoms with E-state index < -0.39 is 51.7 Å². The molecule has 6 rings (SSSR count). The van der Waals surface area contributed by atoms with Gasteiger partial charge in [-0.15, -0.1) is 11.8 Å². The molecule has 2 heterocycles. The van der Waals surface area contributed by atoms with Gasteiger partial charge in [-0.3, -0.25) is 13.8 Å². The van der Waals surface area contributed by atoms with E-state index in [2.05, 4.69) is 5.32 Å². The van der Waals surface area contributed by atoms with Gasteiger partial charge in [0.1, 0.15) is 17.5 Å². The number of carbonyl (C=O) groups is 3. The Morgan fingerprint density at radius 2 is 1.43 bits per heavy atom. The summed E-state index contributed by atoms with van der Waals surface area (Å²) >= 11 is 1.25. The molecule has 236 valence electrons. The van der Waals surface area contributed by atoms with E-state index in [1.165, 1.54) is 28.8 Å². The van der Waals surface area contributed by atoms with Crippen LogP contribution in [-0.2, 0) is 39.8 Å². The molecule has 4 aromatic carbocycles. The van der Waals surface area contributed by atoms with Gasteiger partial charge < -0.3 is 15.0 Å². The average Bonchev–Trinajstić information content (AvgIpc) is 3.07. The Balaban J connectivity index is 1.28. The number of carbonyl (C=O) groups excluding carboxylic acids is 3. The maximum absolute atomic E-state index is 14.2. The molecule has 0 aromatic heterocycles. The maximum atomic E-state index is 14.2. The minimum Gasteiger partial charge on any atom is -0.451 e. The summed E-state index contributed by atoms with van der Waals surface area (Å²) < 4.78 is 38.6. The molecule has 46 heavy (non-hydrogen) atoms. The molecule has 2 aliphatic rings. The van der Waals surface area contributed by atoms with Crippen molar-refractivity contribution in [3.8, 4) is 0 Å². The summed E-state index contributed by atoms with van der Waals surface area (Å²) in [4.78, 5) is 41.9. The van der Waals surface area contributed by atoms with E-state index in [4.69, 9.17) is 8.92 Å². The van der Waals surface area contributed by atoms with Crippen LogP contribution >= 0.6 is 11.8 Å². The molecule has 0 radical (unpaired) electrons. The summed E-state index contributed by atoms with van der Waals surface area (Å²) in [6.07, 6.45) is -1.98. The third-order valence-corrected chi connectivity index (χ3v) is 10.6. The van der Waals surface area contributed by atoms with Gasteiger partial charge in [-0.25, -0.2) is 4.79 Å². The van der Waals surface area contributed by atoms with E-state index in [0.29, 0.717) is 11.1 Å². The van der Waals surface area contributed by atoms with Crippen LogP contribution < -0.4 is 5.32 Å². The number of amides is 2. The first-order valence-corrected chi connectivity index (χ1v) is 17.2. The van der Waals surface area contributed by atoms with E-state index in [9.17, 15) is 22.8 Å². The van der Waals surface area contributed by atoms with Gasteiger partial charge in [0.2, 0.25) is 11.8 Å². The normalized spacial score (nSPS) is 20.8. The summed E-state index contributed by atoms with van der Waals surface area (Å²) in [5.41, 5.74) is 3.07. The standard InChI is InChI=1S/C35H32N2O7S2/c1-23-17-19-27(20-18-23)46(41,42)44-28-22-45-34-30(36-29(38)21-24-11-5-2-6-12-24)33(39)37(34)31(28)35(40)43-32(25-13-7-3-8-14-25)26-15-9-4-10-16-26/h2-20,28,30-32,34H,21-22H2,1H3,(H,36,38)/t28?,30-,31?,34-/m1/s1. The molecule has 0 bridgehead atoms. The summed E-state index contributed by atoms with van der Waals surface area (Å²) in [6.45, 7) is 1.83. The average molecular weight is 657 g/mol. The van der Waals surface area contributed by atoms with Crippen molar-refractivity contribution in [3.05, 3.63) is 138 Å². The molecule has 2 amide bonds. The fraction of sp³-hybridized carbons (Fsp3) is 0.229. The van der Waals surface area contributed by atoms with Gasteiger partial charge in [-0.1, -0.05) is 109 Å². The Morgan fingerprint density at radius 1 is 0.870 bits per heavy atom. The van der Waals surface area contributed by atoms with Gasteiger partial charge in [0, 0.05) is 5.75 Å². The lowest BCUT2D eigenvalue weighted by Gasteiger charge is -2.54. The molecule has 4 aromatic rings. The first kappa shape index (κ1) is 31.5. The number of fused-ring (bicyclic) bond motifs is 1. The highest BCUT2D eigenvalue weighted by Crippen LogP contribution is 2.41. The number of benzene rings is 4. The first-order valence-electron chi connectivity index (χ1n) is 14.8.